The van der Waals surface area contributed by atoms with E-state index in [1.165, 1.54) is 12.8 Å². The van der Waals surface area contributed by atoms with Crippen molar-refractivity contribution in [3.05, 3.63) is 24.3 Å². The van der Waals surface area contributed by atoms with Crippen molar-refractivity contribution in [2.24, 2.45) is 4.99 Å². The highest BCUT2D eigenvalue weighted by atomic mass is 16.5. The van der Waals surface area contributed by atoms with Gasteiger partial charge in [-0.05, 0) is 38.8 Å². The molecule has 0 bridgehead atoms. The second kappa shape index (κ2) is 7.76. The van der Waals surface area contributed by atoms with Crippen LogP contribution < -0.4 is 20.1 Å². The van der Waals surface area contributed by atoms with E-state index in [4.69, 9.17) is 9.47 Å². The van der Waals surface area contributed by atoms with Gasteiger partial charge in [-0.1, -0.05) is 6.07 Å². The Morgan fingerprint density at radius 3 is 2.81 bits per heavy atom. The molecule has 1 unspecified atom stereocenters. The molecule has 1 saturated carbocycles. The van der Waals surface area contributed by atoms with Crippen LogP contribution in [0.2, 0.25) is 0 Å². The third-order valence-corrected chi connectivity index (χ3v) is 3.15. The molecule has 1 aromatic rings. The molecule has 1 fully saturated rings. The molecule has 1 aliphatic rings. The largest absolute Gasteiger partial charge is 0.497 e. The third-order valence-electron chi connectivity index (χ3n) is 3.15. The van der Waals surface area contributed by atoms with Crippen LogP contribution in [-0.4, -0.2) is 38.3 Å². The van der Waals surface area contributed by atoms with Gasteiger partial charge in [0.25, 0.3) is 0 Å². The number of nitrogens with zero attached hydrogens (tertiary/aromatic N) is 1. The first-order valence-corrected chi connectivity index (χ1v) is 7.56. The Kier molecular flexibility index (Phi) is 5.72. The van der Waals surface area contributed by atoms with Crippen LogP contribution in [0, 0.1) is 0 Å². The lowest BCUT2D eigenvalue weighted by atomic mass is 10.3. The second-order valence-corrected chi connectivity index (χ2v) is 5.25. The summed E-state index contributed by atoms with van der Waals surface area (Å²) >= 11 is 0. The molecule has 0 amide bonds. The minimum Gasteiger partial charge on any atom is -0.497 e. The molecular formula is C16H25N3O2. The predicted molar refractivity (Wildman–Crippen MR) is 85.2 cm³/mol. The van der Waals surface area contributed by atoms with E-state index in [2.05, 4.69) is 22.5 Å². The van der Waals surface area contributed by atoms with E-state index >= 15 is 0 Å². The van der Waals surface area contributed by atoms with E-state index in [0.717, 1.165) is 24.0 Å². The molecule has 116 valence electrons. The van der Waals surface area contributed by atoms with E-state index in [-0.39, 0.29) is 6.10 Å². The molecule has 2 rings (SSSR count). The summed E-state index contributed by atoms with van der Waals surface area (Å²) in [4.78, 5) is 4.57. The van der Waals surface area contributed by atoms with E-state index in [1.807, 2.05) is 31.2 Å². The van der Waals surface area contributed by atoms with Crippen LogP contribution >= 0.6 is 0 Å². The lowest BCUT2D eigenvalue weighted by molar-refractivity contribution is 0.229. The molecule has 0 radical (unpaired) electrons. The van der Waals surface area contributed by atoms with Gasteiger partial charge in [-0.15, -0.1) is 0 Å². The van der Waals surface area contributed by atoms with Crippen molar-refractivity contribution in [3.8, 4) is 11.5 Å². The summed E-state index contributed by atoms with van der Waals surface area (Å²) in [5.74, 6) is 2.48. The van der Waals surface area contributed by atoms with E-state index in [1.54, 1.807) is 7.11 Å². The minimum atomic E-state index is 0.00626. The van der Waals surface area contributed by atoms with Gasteiger partial charge in [0.05, 0.1) is 13.7 Å². The summed E-state index contributed by atoms with van der Waals surface area (Å²) in [5, 5.41) is 6.65. The average Bonchev–Trinajstić information content (AvgIpc) is 3.29. The first-order chi connectivity index (χ1) is 10.2. The zero-order valence-electron chi connectivity index (χ0n) is 13.1. The first kappa shape index (κ1) is 15.5. The van der Waals surface area contributed by atoms with Crippen molar-refractivity contribution >= 4 is 5.96 Å². The molecule has 0 spiro atoms. The standard InChI is InChI=1S/C16H25N3O2/c1-4-17-16(19-13-8-9-13)18-11-12(2)21-15-7-5-6-14(10-15)20-3/h5-7,10,12-13H,4,8-9,11H2,1-3H3,(H2,17,18,19). The lowest BCUT2D eigenvalue weighted by Gasteiger charge is -2.15. The smallest absolute Gasteiger partial charge is 0.191 e. The Labute approximate surface area is 126 Å². The zero-order chi connectivity index (χ0) is 15.1. The number of methoxy groups -OCH3 is 1. The molecule has 21 heavy (non-hydrogen) atoms. The van der Waals surface area contributed by atoms with Gasteiger partial charge in [0.1, 0.15) is 17.6 Å². The number of nitrogens with one attached hydrogen (secondary N) is 2. The summed E-state index contributed by atoms with van der Waals surface area (Å²) in [7, 11) is 1.65. The summed E-state index contributed by atoms with van der Waals surface area (Å²) in [5.41, 5.74) is 0. The molecule has 0 saturated heterocycles. The van der Waals surface area contributed by atoms with Crippen LogP contribution in [0.1, 0.15) is 26.7 Å². The number of hydrogen-bond donors (Lipinski definition) is 2. The van der Waals surface area contributed by atoms with Gasteiger partial charge in [0.2, 0.25) is 0 Å². The topological polar surface area (TPSA) is 54.9 Å². The molecule has 0 aliphatic heterocycles. The number of aliphatic imine (C=N–C) groups is 1. The SMILES string of the molecule is CCNC(=NCC(C)Oc1cccc(OC)c1)NC1CC1. The van der Waals surface area contributed by atoms with Gasteiger partial charge in [-0.3, -0.25) is 0 Å². The van der Waals surface area contributed by atoms with Crippen LogP contribution in [0.25, 0.3) is 0 Å². The van der Waals surface area contributed by atoms with Crippen LogP contribution in [0.3, 0.4) is 0 Å². The van der Waals surface area contributed by atoms with E-state index in [0.29, 0.717) is 12.6 Å². The predicted octanol–water partition coefficient (Wildman–Crippen LogP) is 2.18. The Morgan fingerprint density at radius 2 is 2.14 bits per heavy atom. The summed E-state index contributed by atoms with van der Waals surface area (Å²) in [6.07, 6.45) is 2.48. The maximum atomic E-state index is 5.86. The van der Waals surface area contributed by atoms with Crippen LogP contribution in [-0.2, 0) is 0 Å². The van der Waals surface area contributed by atoms with Gasteiger partial charge in [-0.25, -0.2) is 4.99 Å². The Hall–Kier alpha value is -1.91. The third kappa shape index (κ3) is 5.53. The Balaban J connectivity index is 1.85. The van der Waals surface area contributed by atoms with Gasteiger partial charge in [0.15, 0.2) is 5.96 Å². The van der Waals surface area contributed by atoms with Crippen molar-refractivity contribution in [1.29, 1.82) is 0 Å². The number of guanidine groups is 1. The quantitative estimate of drug-likeness (QED) is 0.597. The Bertz CT molecular complexity index is 472. The molecule has 5 nitrogen and oxygen atoms in total. The molecule has 5 heteroatoms. The highest BCUT2D eigenvalue weighted by Crippen LogP contribution is 2.20. The fraction of sp³-hybridized carbons (Fsp3) is 0.562. The average molecular weight is 291 g/mol. The highest BCUT2D eigenvalue weighted by Gasteiger charge is 2.22. The zero-order valence-corrected chi connectivity index (χ0v) is 13.1. The second-order valence-electron chi connectivity index (χ2n) is 5.25. The van der Waals surface area contributed by atoms with Crippen molar-refractivity contribution in [1.82, 2.24) is 10.6 Å². The summed E-state index contributed by atoms with van der Waals surface area (Å²) in [6.45, 7) is 5.56. The maximum absolute atomic E-state index is 5.86. The number of rotatable bonds is 7. The maximum Gasteiger partial charge on any atom is 0.191 e. The van der Waals surface area contributed by atoms with Crippen molar-refractivity contribution < 1.29 is 9.47 Å². The normalized spacial score (nSPS) is 16.2. The van der Waals surface area contributed by atoms with Gasteiger partial charge >= 0.3 is 0 Å². The molecule has 2 N–H and O–H groups in total. The van der Waals surface area contributed by atoms with Crippen LogP contribution in [0.5, 0.6) is 11.5 Å². The van der Waals surface area contributed by atoms with Crippen LogP contribution in [0.15, 0.2) is 29.3 Å². The van der Waals surface area contributed by atoms with Crippen molar-refractivity contribution in [2.45, 2.75) is 38.8 Å². The van der Waals surface area contributed by atoms with Crippen molar-refractivity contribution in [3.63, 3.8) is 0 Å². The molecule has 1 atom stereocenters. The number of ether oxygens (including phenoxy) is 2. The van der Waals surface area contributed by atoms with Crippen molar-refractivity contribution in [2.75, 3.05) is 20.2 Å². The molecule has 1 aromatic carbocycles. The summed E-state index contributed by atoms with van der Waals surface area (Å²) < 4.78 is 11.1. The molecule has 0 aromatic heterocycles. The van der Waals surface area contributed by atoms with Gasteiger partial charge < -0.3 is 20.1 Å². The molecule has 0 heterocycles. The van der Waals surface area contributed by atoms with E-state index < -0.39 is 0 Å². The number of hydrogen-bond acceptors (Lipinski definition) is 3. The fourth-order valence-electron chi connectivity index (χ4n) is 1.90. The van der Waals surface area contributed by atoms with Gasteiger partial charge in [-0.2, -0.15) is 0 Å². The van der Waals surface area contributed by atoms with Crippen LogP contribution in [0.4, 0.5) is 0 Å². The Morgan fingerprint density at radius 1 is 1.38 bits per heavy atom. The molecular weight excluding hydrogens is 266 g/mol. The first-order valence-electron chi connectivity index (χ1n) is 7.56. The lowest BCUT2D eigenvalue weighted by Crippen LogP contribution is -2.39. The monoisotopic (exact) mass is 291 g/mol. The fourth-order valence-corrected chi connectivity index (χ4v) is 1.90. The molecule has 1 aliphatic carbocycles. The number of benzene rings is 1. The minimum absolute atomic E-state index is 0.00626. The highest BCUT2D eigenvalue weighted by molar-refractivity contribution is 5.80. The van der Waals surface area contributed by atoms with Gasteiger partial charge in [0, 0.05) is 18.7 Å². The summed E-state index contributed by atoms with van der Waals surface area (Å²) in [6, 6.07) is 8.23. The van der Waals surface area contributed by atoms with E-state index in [9.17, 15) is 0 Å².